The number of nitrogens with one attached hydrogen (secondary N) is 2. The number of rotatable bonds is 9. The van der Waals surface area contributed by atoms with Gasteiger partial charge in [-0.2, -0.15) is 0 Å². The summed E-state index contributed by atoms with van der Waals surface area (Å²) in [5, 5.41) is 2.53. The van der Waals surface area contributed by atoms with E-state index in [0.717, 1.165) is 5.56 Å². The lowest BCUT2D eigenvalue weighted by molar-refractivity contribution is -0.120. The van der Waals surface area contributed by atoms with Gasteiger partial charge in [0, 0.05) is 13.7 Å². The number of ether oxygens (including phenoxy) is 1. The molecule has 1 amide bonds. The highest BCUT2D eigenvalue weighted by molar-refractivity contribution is 7.89. The molecule has 4 N–H and O–H groups in total. The average Bonchev–Trinajstić information content (AvgIpc) is 2.46. The van der Waals surface area contributed by atoms with Crippen LogP contribution in [0, 0.1) is 0 Å². The van der Waals surface area contributed by atoms with Crippen molar-refractivity contribution in [2.45, 2.75) is 11.3 Å². The Balaban J connectivity index is 2.54. The first-order chi connectivity index (χ1) is 9.99. The van der Waals surface area contributed by atoms with E-state index < -0.39 is 15.9 Å². The normalized spacial score (nSPS) is 11.3. The van der Waals surface area contributed by atoms with Crippen LogP contribution in [0.4, 0.5) is 0 Å². The van der Waals surface area contributed by atoms with Crippen molar-refractivity contribution in [2.75, 3.05) is 33.4 Å². The second-order valence-corrected chi connectivity index (χ2v) is 6.12. The number of sulfonamides is 1. The van der Waals surface area contributed by atoms with E-state index in [-0.39, 0.29) is 11.4 Å². The molecule has 0 aliphatic carbocycles. The molecule has 0 spiro atoms. The van der Waals surface area contributed by atoms with Crippen LogP contribution >= 0.6 is 0 Å². The Morgan fingerprint density at radius 3 is 2.52 bits per heavy atom. The standard InChI is InChI=1S/C13H21N3O4S/c1-20-9-8-15-13(17)10-16-21(18,19)12-4-2-11(3-5-12)6-7-14/h2-5,16H,6-10,14H2,1H3,(H,15,17). The monoisotopic (exact) mass is 315 g/mol. The van der Waals surface area contributed by atoms with Gasteiger partial charge in [-0.3, -0.25) is 4.79 Å². The highest BCUT2D eigenvalue weighted by Crippen LogP contribution is 2.10. The molecule has 21 heavy (non-hydrogen) atoms. The summed E-state index contributed by atoms with van der Waals surface area (Å²) in [4.78, 5) is 11.5. The van der Waals surface area contributed by atoms with E-state index in [4.69, 9.17) is 10.5 Å². The van der Waals surface area contributed by atoms with Gasteiger partial charge in [0.25, 0.3) is 0 Å². The second-order valence-electron chi connectivity index (χ2n) is 4.35. The maximum Gasteiger partial charge on any atom is 0.241 e. The molecule has 0 aromatic heterocycles. The molecule has 0 bridgehead atoms. The van der Waals surface area contributed by atoms with Crippen LogP contribution in [0.1, 0.15) is 5.56 Å². The molecule has 1 rings (SSSR count). The van der Waals surface area contributed by atoms with E-state index in [9.17, 15) is 13.2 Å². The van der Waals surface area contributed by atoms with Crippen molar-refractivity contribution in [2.24, 2.45) is 5.73 Å². The van der Waals surface area contributed by atoms with Gasteiger partial charge in [0.05, 0.1) is 18.0 Å². The van der Waals surface area contributed by atoms with Crippen LogP contribution < -0.4 is 15.8 Å². The van der Waals surface area contributed by atoms with Crippen LogP contribution in [0.15, 0.2) is 29.2 Å². The Morgan fingerprint density at radius 1 is 1.29 bits per heavy atom. The third kappa shape index (κ3) is 6.21. The molecule has 0 saturated heterocycles. The van der Waals surface area contributed by atoms with Gasteiger partial charge < -0.3 is 15.8 Å². The Labute approximate surface area is 124 Å². The maximum atomic E-state index is 12.0. The van der Waals surface area contributed by atoms with Gasteiger partial charge in [0.15, 0.2) is 0 Å². The van der Waals surface area contributed by atoms with Crippen molar-refractivity contribution in [3.05, 3.63) is 29.8 Å². The van der Waals surface area contributed by atoms with E-state index in [2.05, 4.69) is 10.0 Å². The predicted molar refractivity (Wildman–Crippen MR) is 79.3 cm³/mol. The summed E-state index contributed by atoms with van der Waals surface area (Å²) in [6, 6.07) is 6.41. The molecular weight excluding hydrogens is 294 g/mol. The first-order valence-electron chi connectivity index (χ1n) is 6.54. The van der Waals surface area contributed by atoms with Gasteiger partial charge in [-0.05, 0) is 30.7 Å². The van der Waals surface area contributed by atoms with Crippen molar-refractivity contribution >= 4 is 15.9 Å². The summed E-state index contributed by atoms with van der Waals surface area (Å²) >= 11 is 0. The van der Waals surface area contributed by atoms with Crippen LogP contribution in [-0.2, 0) is 26.0 Å². The van der Waals surface area contributed by atoms with Crippen molar-refractivity contribution in [3.8, 4) is 0 Å². The number of methoxy groups -OCH3 is 1. The number of hydrogen-bond acceptors (Lipinski definition) is 5. The molecule has 7 nitrogen and oxygen atoms in total. The lowest BCUT2D eigenvalue weighted by Gasteiger charge is -2.08. The molecule has 0 fully saturated rings. The number of carbonyl (C=O) groups excluding carboxylic acids is 1. The zero-order valence-electron chi connectivity index (χ0n) is 12.0. The summed E-state index contributed by atoms with van der Waals surface area (Å²) < 4.78 is 31.0. The minimum absolute atomic E-state index is 0.118. The minimum Gasteiger partial charge on any atom is -0.383 e. The summed E-state index contributed by atoms with van der Waals surface area (Å²) in [5.74, 6) is -0.407. The highest BCUT2D eigenvalue weighted by Gasteiger charge is 2.15. The Kier molecular flexibility index (Phi) is 7.30. The third-order valence-corrected chi connectivity index (χ3v) is 4.13. The summed E-state index contributed by atoms with van der Waals surface area (Å²) in [6.07, 6.45) is 0.690. The first kappa shape index (κ1) is 17.6. The maximum absolute atomic E-state index is 12.0. The molecule has 0 radical (unpaired) electrons. The average molecular weight is 315 g/mol. The van der Waals surface area contributed by atoms with E-state index in [0.29, 0.717) is 26.1 Å². The number of carbonyl (C=O) groups is 1. The fraction of sp³-hybridized carbons (Fsp3) is 0.462. The molecule has 1 aromatic rings. The summed E-state index contributed by atoms with van der Waals surface area (Å²) in [6.45, 7) is 0.911. The van der Waals surface area contributed by atoms with Crippen LogP contribution in [0.2, 0.25) is 0 Å². The lowest BCUT2D eigenvalue weighted by Crippen LogP contribution is -2.38. The van der Waals surface area contributed by atoms with E-state index in [1.165, 1.54) is 19.2 Å². The van der Waals surface area contributed by atoms with E-state index >= 15 is 0 Å². The van der Waals surface area contributed by atoms with Crippen molar-refractivity contribution in [1.29, 1.82) is 0 Å². The van der Waals surface area contributed by atoms with Crippen molar-refractivity contribution < 1.29 is 17.9 Å². The van der Waals surface area contributed by atoms with Gasteiger partial charge in [0.2, 0.25) is 15.9 Å². The van der Waals surface area contributed by atoms with Crippen LogP contribution in [-0.4, -0.2) is 47.7 Å². The van der Waals surface area contributed by atoms with Gasteiger partial charge in [-0.25, -0.2) is 13.1 Å². The topological polar surface area (TPSA) is 111 Å². The SMILES string of the molecule is COCCNC(=O)CNS(=O)(=O)c1ccc(CCN)cc1. The molecule has 1 aromatic carbocycles. The van der Waals surface area contributed by atoms with Crippen LogP contribution in [0.3, 0.4) is 0 Å². The van der Waals surface area contributed by atoms with Gasteiger partial charge in [-0.1, -0.05) is 12.1 Å². The second kappa shape index (κ2) is 8.73. The molecule has 0 aliphatic heterocycles. The smallest absolute Gasteiger partial charge is 0.241 e. The molecule has 118 valence electrons. The summed E-state index contributed by atoms with van der Waals surface area (Å²) in [7, 11) is -2.17. The third-order valence-electron chi connectivity index (χ3n) is 2.72. The highest BCUT2D eigenvalue weighted by atomic mass is 32.2. The van der Waals surface area contributed by atoms with Crippen LogP contribution in [0.25, 0.3) is 0 Å². The van der Waals surface area contributed by atoms with Gasteiger partial charge >= 0.3 is 0 Å². The number of benzene rings is 1. The Bertz CT molecular complexity index is 543. The van der Waals surface area contributed by atoms with E-state index in [1.807, 2.05) is 0 Å². The minimum atomic E-state index is -3.69. The molecule has 0 heterocycles. The fourth-order valence-corrected chi connectivity index (χ4v) is 2.58. The molecule has 0 aliphatic rings. The Hall–Kier alpha value is -1.48. The molecule has 8 heteroatoms. The van der Waals surface area contributed by atoms with Gasteiger partial charge in [-0.15, -0.1) is 0 Å². The number of nitrogens with two attached hydrogens (primary N) is 1. The zero-order valence-corrected chi connectivity index (χ0v) is 12.8. The largest absolute Gasteiger partial charge is 0.383 e. The predicted octanol–water partition coefficient (Wildman–Crippen LogP) is -0.771. The van der Waals surface area contributed by atoms with Crippen LogP contribution in [0.5, 0.6) is 0 Å². The first-order valence-corrected chi connectivity index (χ1v) is 8.02. The van der Waals surface area contributed by atoms with Gasteiger partial charge in [0.1, 0.15) is 0 Å². The molecule has 0 saturated carbocycles. The van der Waals surface area contributed by atoms with E-state index in [1.54, 1.807) is 12.1 Å². The summed E-state index contributed by atoms with van der Waals surface area (Å²) in [5.41, 5.74) is 6.40. The quantitative estimate of drug-likeness (QED) is 0.518. The molecular formula is C13H21N3O4S. The Morgan fingerprint density at radius 2 is 1.95 bits per heavy atom. The van der Waals surface area contributed by atoms with Crippen molar-refractivity contribution in [3.63, 3.8) is 0 Å². The molecule has 0 atom stereocenters. The fourth-order valence-electron chi connectivity index (χ4n) is 1.60. The number of amides is 1. The zero-order chi connectivity index (χ0) is 15.7. The number of hydrogen-bond donors (Lipinski definition) is 3. The molecule has 0 unspecified atom stereocenters. The lowest BCUT2D eigenvalue weighted by atomic mass is 10.2. The van der Waals surface area contributed by atoms with Crippen molar-refractivity contribution in [1.82, 2.24) is 10.0 Å².